The number of carboxylic acid groups (broad SMARTS) is 3. The number of carbonyl (C=O) groups is 5. The van der Waals surface area contributed by atoms with Gasteiger partial charge >= 0.3 is 17.9 Å². The summed E-state index contributed by atoms with van der Waals surface area (Å²) in [6, 6.07) is 3.12. The van der Waals surface area contributed by atoms with Crippen molar-refractivity contribution in [2.45, 2.75) is 43.8 Å². The van der Waals surface area contributed by atoms with Gasteiger partial charge in [0, 0.05) is 37.2 Å². The number of nitrogen functional groups attached to an aromatic ring is 1. The maximum absolute atomic E-state index is 12.6. The molecule has 1 aliphatic heterocycles. The molecule has 0 spiro atoms. The van der Waals surface area contributed by atoms with E-state index < -0.39 is 60.2 Å². The third-order valence-corrected chi connectivity index (χ3v) is 6.05. The van der Waals surface area contributed by atoms with Crippen LogP contribution < -0.4 is 37.9 Å². The number of aliphatic carboxylic acids is 3. The van der Waals surface area contributed by atoms with Crippen molar-refractivity contribution in [2.24, 2.45) is 0 Å². The first-order chi connectivity index (χ1) is 19.4. The molecule has 0 unspecified atom stereocenters. The first-order valence-corrected chi connectivity index (χ1v) is 12.4. The van der Waals surface area contributed by atoms with E-state index in [4.69, 9.17) is 15.9 Å². The molecule has 0 aliphatic carbocycles. The molecule has 0 radical (unpaired) electrons. The predicted octanol–water partition coefficient (Wildman–Crippen LogP) is -0.932. The summed E-state index contributed by atoms with van der Waals surface area (Å²) in [5.41, 5.74) is 6.23. The lowest BCUT2D eigenvalue weighted by atomic mass is 10.1. The first-order valence-electron chi connectivity index (χ1n) is 12.4. The van der Waals surface area contributed by atoms with E-state index in [1.54, 1.807) is 12.1 Å². The second-order valence-electron chi connectivity index (χ2n) is 9.15. The van der Waals surface area contributed by atoms with Crippen LogP contribution in [0.3, 0.4) is 0 Å². The van der Waals surface area contributed by atoms with Crippen molar-refractivity contribution in [1.82, 2.24) is 20.6 Å². The van der Waals surface area contributed by atoms with Gasteiger partial charge in [0.15, 0.2) is 5.82 Å². The lowest BCUT2D eigenvalue weighted by molar-refractivity contribution is -0.143. The van der Waals surface area contributed by atoms with Crippen LogP contribution in [0.4, 0.5) is 23.1 Å². The van der Waals surface area contributed by atoms with Crippen LogP contribution in [0.2, 0.25) is 0 Å². The van der Waals surface area contributed by atoms with E-state index in [0.717, 1.165) is 0 Å². The Morgan fingerprint density at radius 2 is 1.61 bits per heavy atom. The van der Waals surface area contributed by atoms with Gasteiger partial charge in [-0.25, -0.2) is 9.59 Å². The number of H-pyrrole nitrogens is 1. The van der Waals surface area contributed by atoms with Crippen molar-refractivity contribution < 1.29 is 39.3 Å². The van der Waals surface area contributed by atoms with Crippen LogP contribution in [0.1, 0.15) is 36.0 Å². The van der Waals surface area contributed by atoms with Crippen LogP contribution in [-0.2, 0) is 19.2 Å². The molecule has 2 amide bonds. The van der Waals surface area contributed by atoms with Crippen LogP contribution in [-0.4, -0.2) is 86.2 Å². The highest BCUT2D eigenvalue weighted by Crippen LogP contribution is 2.20. The number of rotatable bonds is 14. The Hall–Kier alpha value is -5.35. The zero-order chi connectivity index (χ0) is 30.1. The van der Waals surface area contributed by atoms with E-state index in [9.17, 15) is 33.9 Å². The number of hydrogen-bond acceptors (Lipinski definition) is 11. The lowest BCUT2D eigenvalue weighted by Gasteiger charge is -2.27. The largest absolute Gasteiger partial charge is 0.481 e. The number of fused-ring (bicyclic) bond motifs is 1. The maximum Gasteiger partial charge on any atom is 0.326 e. The van der Waals surface area contributed by atoms with Crippen molar-refractivity contribution >= 4 is 52.9 Å². The van der Waals surface area contributed by atoms with Gasteiger partial charge in [-0.2, -0.15) is 4.98 Å². The quantitative estimate of drug-likeness (QED) is 0.130. The predicted molar refractivity (Wildman–Crippen MR) is 145 cm³/mol. The second kappa shape index (κ2) is 13.6. The molecule has 17 nitrogen and oxygen atoms in total. The monoisotopic (exact) mass is 574 g/mol. The fourth-order valence-electron chi connectivity index (χ4n) is 3.90. The van der Waals surface area contributed by atoms with Gasteiger partial charge in [0.25, 0.3) is 11.5 Å². The highest BCUT2D eigenvalue weighted by atomic mass is 16.4. The fraction of sp³-hybridized carbons (Fsp3) is 0.375. The van der Waals surface area contributed by atoms with Crippen molar-refractivity contribution in [2.75, 3.05) is 34.8 Å². The van der Waals surface area contributed by atoms with Crippen molar-refractivity contribution in [3.63, 3.8) is 0 Å². The minimum atomic E-state index is -1.44. The number of carbonyl (C=O) groups excluding carboxylic acids is 2. The minimum Gasteiger partial charge on any atom is -0.481 e. The van der Waals surface area contributed by atoms with Crippen LogP contribution in [0.25, 0.3) is 0 Å². The van der Waals surface area contributed by atoms with Crippen molar-refractivity contribution in [1.29, 1.82) is 0 Å². The smallest absolute Gasteiger partial charge is 0.326 e. The molecule has 220 valence electrons. The summed E-state index contributed by atoms with van der Waals surface area (Å²) in [5.74, 6) is -5.17. The molecule has 17 heteroatoms. The maximum atomic E-state index is 12.6. The zero-order valence-electron chi connectivity index (χ0n) is 21.6. The molecule has 1 aromatic heterocycles. The van der Waals surface area contributed by atoms with Gasteiger partial charge in [-0.15, -0.1) is 0 Å². The summed E-state index contributed by atoms with van der Waals surface area (Å²) in [4.78, 5) is 76.8. The average molecular weight is 575 g/mol. The fourth-order valence-corrected chi connectivity index (χ4v) is 3.90. The standard InChI is InChI=1S/C24H30N8O9/c25-24-31-19-18(21(37)32-24)28-13(10-27-19)9-26-12-3-1-11(2-4-12)20(36)30-15(23(40)41)5-7-16(33)29-14(22(38)39)6-8-17(34)35/h1-4,13-15,26,28H,5-10H2,(H,29,33)(H,30,36)(H,34,35)(H,38,39)(H,40,41)(H4,25,27,31,32,37)/t13-,14-,15-/m0/s1. The Bertz CT molecular complexity index is 1360. The van der Waals surface area contributed by atoms with Crippen molar-refractivity contribution in [3.8, 4) is 0 Å². The average Bonchev–Trinajstić information content (AvgIpc) is 2.91. The summed E-state index contributed by atoms with van der Waals surface area (Å²) in [7, 11) is 0. The molecule has 41 heavy (non-hydrogen) atoms. The molecular formula is C24H30N8O9. The Morgan fingerprint density at radius 3 is 2.24 bits per heavy atom. The number of benzene rings is 1. The zero-order valence-corrected chi connectivity index (χ0v) is 21.6. The van der Waals surface area contributed by atoms with Gasteiger partial charge < -0.3 is 47.6 Å². The summed E-state index contributed by atoms with van der Waals surface area (Å²) in [6.07, 6.45) is -1.55. The molecule has 3 atom stereocenters. The van der Waals surface area contributed by atoms with Crippen LogP contribution >= 0.6 is 0 Å². The third-order valence-electron chi connectivity index (χ3n) is 6.05. The Labute approximate surface area is 231 Å². The number of nitrogens with two attached hydrogens (primary N) is 1. The van der Waals surface area contributed by atoms with Gasteiger partial charge in [0.05, 0.1) is 6.04 Å². The number of aromatic amines is 1. The molecule has 0 bridgehead atoms. The highest BCUT2D eigenvalue weighted by molar-refractivity contribution is 5.97. The van der Waals surface area contributed by atoms with E-state index in [1.165, 1.54) is 12.1 Å². The molecule has 0 saturated heterocycles. The summed E-state index contributed by atoms with van der Waals surface area (Å²) >= 11 is 0. The Kier molecular flexibility index (Phi) is 10.0. The molecule has 1 aliphatic rings. The topological polar surface area (TPSA) is 278 Å². The van der Waals surface area contributed by atoms with Crippen molar-refractivity contribution in [3.05, 3.63) is 40.2 Å². The van der Waals surface area contributed by atoms with Gasteiger partial charge in [-0.05, 0) is 37.1 Å². The normalized spacial score (nSPS) is 15.2. The lowest BCUT2D eigenvalue weighted by Crippen LogP contribution is -2.44. The number of nitrogens with one attached hydrogen (secondary N) is 6. The number of aromatic nitrogens is 2. The number of nitrogens with zero attached hydrogens (tertiary/aromatic N) is 1. The molecule has 1 aromatic carbocycles. The Morgan fingerprint density at radius 1 is 0.976 bits per heavy atom. The molecular weight excluding hydrogens is 544 g/mol. The number of carboxylic acids is 3. The first kappa shape index (κ1) is 30.2. The molecule has 2 aromatic rings. The number of anilines is 4. The van der Waals surface area contributed by atoms with E-state index >= 15 is 0 Å². The summed E-state index contributed by atoms with van der Waals surface area (Å²) in [6.45, 7) is 0.869. The highest BCUT2D eigenvalue weighted by Gasteiger charge is 2.25. The summed E-state index contributed by atoms with van der Waals surface area (Å²) in [5, 5.41) is 41.1. The van der Waals surface area contributed by atoms with E-state index in [0.29, 0.717) is 24.6 Å². The molecule has 11 N–H and O–H groups in total. The number of amides is 2. The molecule has 0 saturated carbocycles. The van der Waals surface area contributed by atoms with E-state index in [1.807, 2.05) is 0 Å². The Balaban J connectivity index is 1.49. The number of hydrogen-bond donors (Lipinski definition) is 10. The summed E-state index contributed by atoms with van der Waals surface area (Å²) < 4.78 is 0. The molecule has 2 heterocycles. The van der Waals surface area contributed by atoms with Gasteiger partial charge in [0.2, 0.25) is 11.9 Å². The SMILES string of the molecule is Nc1nc2c(c(=O)[nH]1)N[C@@H](CNc1ccc(C(=O)N[C@@H](CCC(=O)N[C@@H](CCC(=O)O)C(=O)O)C(=O)O)cc1)CN2. The van der Waals surface area contributed by atoms with Crippen LogP contribution in [0, 0.1) is 0 Å². The minimum absolute atomic E-state index is 0.00256. The second-order valence-corrected chi connectivity index (χ2v) is 9.15. The van der Waals surface area contributed by atoms with Crippen LogP contribution in [0.15, 0.2) is 29.1 Å². The van der Waals surface area contributed by atoms with E-state index in [-0.39, 0.29) is 36.1 Å². The molecule has 0 fully saturated rings. The van der Waals surface area contributed by atoms with Gasteiger partial charge in [-0.3, -0.25) is 24.2 Å². The van der Waals surface area contributed by atoms with Gasteiger partial charge in [-0.1, -0.05) is 0 Å². The van der Waals surface area contributed by atoms with Crippen LogP contribution in [0.5, 0.6) is 0 Å². The molecule has 3 rings (SSSR count). The van der Waals surface area contributed by atoms with E-state index in [2.05, 4.69) is 36.6 Å². The van der Waals surface area contributed by atoms with Gasteiger partial charge in [0.1, 0.15) is 17.8 Å². The third kappa shape index (κ3) is 8.84.